The summed E-state index contributed by atoms with van der Waals surface area (Å²) in [5.74, 6) is -0.805. The van der Waals surface area contributed by atoms with Crippen molar-refractivity contribution in [2.24, 2.45) is 0 Å². The van der Waals surface area contributed by atoms with Crippen LogP contribution in [-0.2, 0) is 28.4 Å². The van der Waals surface area contributed by atoms with E-state index in [-0.39, 0.29) is 23.2 Å². The number of hydrogen-bond donors (Lipinski definition) is 2. The Morgan fingerprint density at radius 3 is 2.33 bits per heavy atom. The van der Waals surface area contributed by atoms with Gasteiger partial charge < -0.3 is 5.32 Å². The van der Waals surface area contributed by atoms with Gasteiger partial charge in [-0.3, -0.25) is 4.72 Å². The molecule has 0 amide bonds. The van der Waals surface area contributed by atoms with Crippen LogP contribution in [0.4, 0.5) is 10.1 Å². The fourth-order valence-corrected chi connectivity index (χ4v) is 3.61. The highest BCUT2D eigenvalue weighted by molar-refractivity contribution is 7.92. The molecule has 0 aliphatic carbocycles. The van der Waals surface area contributed by atoms with Crippen molar-refractivity contribution in [2.45, 2.75) is 45.6 Å². The highest BCUT2D eigenvalue weighted by atomic mass is 32.2. The Balaban J connectivity index is 1.96. The number of anilines is 1. The van der Waals surface area contributed by atoms with Crippen LogP contribution in [0.2, 0.25) is 0 Å². The number of nitrogens with one attached hydrogen (secondary N) is 2. The Labute approximate surface area is 183 Å². The molecule has 0 unspecified atom stereocenters. The quantitative estimate of drug-likeness (QED) is 0.614. The third-order valence-electron chi connectivity index (χ3n) is 4.51. The molecule has 0 atom stereocenters. The van der Waals surface area contributed by atoms with E-state index >= 15 is 0 Å². The first-order valence-electron chi connectivity index (χ1n) is 9.45. The van der Waals surface area contributed by atoms with Crippen molar-refractivity contribution in [3.8, 4) is 6.07 Å². The molecule has 0 spiro atoms. The molecule has 2 aromatic rings. The second-order valence-corrected chi connectivity index (χ2v) is 10.5. The topological polar surface area (TPSA) is 82.0 Å². The molecule has 2 rings (SSSR count). The fourth-order valence-electron chi connectivity index (χ4n) is 2.86. The van der Waals surface area contributed by atoms with Gasteiger partial charge in [0.05, 0.1) is 16.8 Å². The number of hydrogen-bond acceptors (Lipinski definition) is 4. The Hall–Kier alpha value is -2.50. The summed E-state index contributed by atoms with van der Waals surface area (Å²) in [5, 5.41) is 12.3. The minimum absolute atomic E-state index is 0.0814. The maximum atomic E-state index is 14.3. The van der Waals surface area contributed by atoms with Gasteiger partial charge in [0.2, 0.25) is 10.0 Å². The van der Waals surface area contributed by atoms with E-state index in [4.69, 9.17) is 12.2 Å². The summed E-state index contributed by atoms with van der Waals surface area (Å²) < 4.78 is 39.1. The first kappa shape index (κ1) is 23.8. The Morgan fingerprint density at radius 2 is 1.80 bits per heavy atom. The molecule has 0 radical (unpaired) electrons. The van der Waals surface area contributed by atoms with Crippen molar-refractivity contribution in [1.29, 1.82) is 5.26 Å². The predicted molar refractivity (Wildman–Crippen MR) is 122 cm³/mol. The number of rotatable bonds is 7. The molecule has 0 aromatic heterocycles. The molecule has 30 heavy (non-hydrogen) atoms. The van der Waals surface area contributed by atoms with Crippen LogP contribution in [-0.4, -0.2) is 19.7 Å². The number of nitriles is 1. The maximum Gasteiger partial charge on any atom is 0.229 e. The van der Waals surface area contributed by atoms with E-state index in [9.17, 15) is 18.1 Å². The van der Waals surface area contributed by atoms with Gasteiger partial charge in [0.15, 0.2) is 0 Å². The molecule has 8 heteroatoms. The molecule has 0 saturated carbocycles. The molecule has 160 valence electrons. The average Bonchev–Trinajstić information content (AvgIpc) is 2.65. The second-order valence-electron chi connectivity index (χ2n) is 8.21. The minimum Gasteiger partial charge on any atom is -0.376 e. The van der Waals surface area contributed by atoms with Gasteiger partial charge in [0, 0.05) is 13.0 Å². The van der Waals surface area contributed by atoms with Crippen molar-refractivity contribution in [3.05, 3.63) is 64.5 Å². The van der Waals surface area contributed by atoms with Crippen molar-refractivity contribution in [1.82, 2.24) is 5.32 Å². The predicted octanol–water partition coefficient (Wildman–Crippen LogP) is 4.42. The monoisotopic (exact) mass is 447 g/mol. The highest BCUT2D eigenvalue weighted by Crippen LogP contribution is 2.23. The number of benzene rings is 2. The summed E-state index contributed by atoms with van der Waals surface area (Å²) in [5.41, 5.74) is 2.64. The molecular formula is C22H26FN3O2S2. The lowest BCUT2D eigenvalue weighted by molar-refractivity contribution is 0.590. The number of halogens is 1. The summed E-state index contributed by atoms with van der Waals surface area (Å²) in [6.07, 6.45) is 2.33. The van der Waals surface area contributed by atoms with Crippen molar-refractivity contribution < 1.29 is 12.8 Å². The van der Waals surface area contributed by atoms with Crippen LogP contribution in [0.3, 0.4) is 0 Å². The lowest BCUT2D eigenvalue weighted by Gasteiger charge is -2.19. The summed E-state index contributed by atoms with van der Waals surface area (Å²) in [6, 6.07) is 12.9. The largest absolute Gasteiger partial charge is 0.376 e. The van der Waals surface area contributed by atoms with E-state index in [1.54, 1.807) is 0 Å². The third-order valence-corrected chi connectivity index (χ3v) is 5.43. The van der Waals surface area contributed by atoms with Gasteiger partial charge in [-0.15, -0.1) is 0 Å². The van der Waals surface area contributed by atoms with E-state index < -0.39 is 15.8 Å². The van der Waals surface area contributed by atoms with Gasteiger partial charge in [-0.2, -0.15) is 5.26 Å². The van der Waals surface area contributed by atoms with Crippen LogP contribution >= 0.6 is 12.2 Å². The van der Waals surface area contributed by atoms with Crippen LogP contribution < -0.4 is 10.0 Å². The summed E-state index contributed by atoms with van der Waals surface area (Å²) in [6.45, 7) is 6.76. The fraction of sp³-hybridized carbons (Fsp3) is 0.364. The average molecular weight is 448 g/mol. The van der Waals surface area contributed by atoms with Gasteiger partial charge in [-0.05, 0) is 40.7 Å². The van der Waals surface area contributed by atoms with Crippen molar-refractivity contribution in [3.63, 3.8) is 0 Å². The van der Waals surface area contributed by atoms with E-state index in [1.165, 1.54) is 23.3 Å². The van der Waals surface area contributed by atoms with Crippen molar-refractivity contribution in [2.75, 3.05) is 11.0 Å². The standard InChI is InChI=1S/C22H26FN3O2S2/c1-22(2,3)18-8-5-15(6-9-18)7-10-20(29)25-14-16-11-17(13-24)21(19(23)12-16)26-30(4,27)28/h5-6,8-9,11-12,26H,7,10,14H2,1-4H3,(H,25,29). The van der Waals surface area contributed by atoms with Crippen LogP contribution in [0, 0.1) is 17.1 Å². The molecule has 2 N–H and O–H groups in total. The van der Waals surface area contributed by atoms with Crippen LogP contribution in [0.15, 0.2) is 36.4 Å². The zero-order valence-corrected chi connectivity index (χ0v) is 19.2. The van der Waals surface area contributed by atoms with Gasteiger partial charge in [0.1, 0.15) is 17.6 Å². The van der Waals surface area contributed by atoms with E-state index in [1.807, 2.05) is 10.8 Å². The molecule has 0 fully saturated rings. The van der Waals surface area contributed by atoms with E-state index in [0.717, 1.165) is 12.7 Å². The SMILES string of the molecule is CC(C)(C)c1ccc(CCC(=S)NCc2cc(F)c(NS(C)(=O)=O)c(C#N)c2)cc1. The normalized spacial score (nSPS) is 11.6. The maximum absolute atomic E-state index is 14.3. The number of aryl methyl sites for hydroxylation is 1. The highest BCUT2D eigenvalue weighted by Gasteiger charge is 2.15. The van der Waals surface area contributed by atoms with Crippen LogP contribution in [0.5, 0.6) is 0 Å². The molecule has 0 heterocycles. The lowest BCUT2D eigenvalue weighted by Crippen LogP contribution is -2.21. The Kier molecular flexibility index (Phi) is 7.56. The van der Waals surface area contributed by atoms with Crippen LogP contribution in [0.25, 0.3) is 0 Å². The molecule has 0 saturated heterocycles. The first-order valence-corrected chi connectivity index (χ1v) is 11.8. The van der Waals surface area contributed by atoms with Gasteiger partial charge in [-0.1, -0.05) is 57.3 Å². The molecule has 0 bridgehead atoms. The number of thiocarbonyl (C=S) groups is 1. The van der Waals surface area contributed by atoms with Crippen LogP contribution in [0.1, 0.15) is 49.4 Å². The van der Waals surface area contributed by atoms with Gasteiger partial charge in [0.25, 0.3) is 0 Å². The summed E-state index contributed by atoms with van der Waals surface area (Å²) in [7, 11) is -3.69. The molecule has 5 nitrogen and oxygen atoms in total. The smallest absolute Gasteiger partial charge is 0.229 e. The number of sulfonamides is 1. The van der Waals surface area contributed by atoms with Crippen molar-refractivity contribution >= 4 is 32.9 Å². The minimum atomic E-state index is -3.69. The van der Waals surface area contributed by atoms with Gasteiger partial charge >= 0.3 is 0 Å². The lowest BCUT2D eigenvalue weighted by atomic mass is 9.86. The van der Waals surface area contributed by atoms with E-state index in [2.05, 4.69) is 50.4 Å². The molecule has 2 aromatic carbocycles. The van der Waals surface area contributed by atoms with Gasteiger partial charge in [-0.25, -0.2) is 12.8 Å². The van der Waals surface area contributed by atoms with E-state index in [0.29, 0.717) is 17.0 Å². The first-order chi connectivity index (χ1) is 13.9. The summed E-state index contributed by atoms with van der Waals surface area (Å²) in [4.78, 5) is 0.632. The second kappa shape index (κ2) is 9.54. The molecule has 0 aliphatic rings. The molecule has 0 aliphatic heterocycles. The Morgan fingerprint density at radius 1 is 1.17 bits per heavy atom. The summed E-state index contributed by atoms with van der Waals surface area (Å²) >= 11 is 5.37. The zero-order valence-electron chi connectivity index (χ0n) is 17.5. The number of nitrogens with zero attached hydrogens (tertiary/aromatic N) is 1. The third kappa shape index (κ3) is 7.08. The Bertz CT molecular complexity index is 1070. The molecular weight excluding hydrogens is 421 g/mol. The zero-order chi connectivity index (χ0) is 22.5.